The van der Waals surface area contributed by atoms with Gasteiger partial charge in [-0.05, 0) is 25.0 Å². The quantitative estimate of drug-likeness (QED) is 0.587. The monoisotopic (exact) mass is 283 g/mol. The van der Waals surface area contributed by atoms with Crippen LogP contribution < -0.4 is 11.1 Å². The Bertz CT molecular complexity index is 786. The van der Waals surface area contributed by atoms with Crippen molar-refractivity contribution in [2.75, 3.05) is 12.3 Å². The van der Waals surface area contributed by atoms with Crippen LogP contribution in [-0.2, 0) is 6.42 Å². The Kier molecular flexibility index (Phi) is 3.35. The summed E-state index contributed by atoms with van der Waals surface area (Å²) in [7, 11) is 0. The molecule has 1 aromatic carbocycles. The van der Waals surface area contributed by atoms with Gasteiger partial charge < -0.3 is 16.0 Å². The molecule has 3 rings (SSSR count). The van der Waals surface area contributed by atoms with Crippen molar-refractivity contribution in [3.8, 4) is 0 Å². The van der Waals surface area contributed by atoms with Crippen molar-refractivity contribution in [3.63, 3.8) is 0 Å². The lowest BCUT2D eigenvalue weighted by Crippen LogP contribution is -2.26. The highest BCUT2D eigenvalue weighted by molar-refractivity contribution is 5.93. The summed E-state index contributed by atoms with van der Waals surface area (Å²) in [6.07, 6.45) is 0.769. The van der Waals surface area contributed by atoms with E-state index in [9.17, 15) is 4.79 Å². The van der Waals surface area contributed by atoms with Crippen LogP contribution in [0.2, 0.25) is 0 Å². The second kappa shape index (κ2) is 5.32. The lowest BCUT2D eigenvalue weighted by Gasteiger charge is -2.04. The van der Waals surface area contributed by atoms with Crippen molar-refractivity contribution in [3.05, 3.63) is 47.3 Å². The summed E-state index contributed by atoms with van der Waals surface area (Å²) in [5.74, 6) is 0.115. The number of para-hydroxylation sites is 1. The Balaban J connectivity index is 1.67. The highest BCUT2D eigenvalue weighted by Crippen LogP contribution is 2.21. The number of nitrogens with zero attached hydrogens (tertiary/aromatic N) is 1. The number of H-pyrrole nitrogens is 2. The molecular formula is C15H17N5O. The lowest BCUT2D eigenvalue weighted by molar-refractivity contribution is 0.0949. The first kappa shape index (κ1) is 13.2. The molecule has 1 amide bonds. The van der Waals surface area contributed by atoms with Crippen molar-refractivity contribution < 1.29 is 4.79 Å². The Morgan fingerprint density at radius 2 is 2.19 bits per heavy atom. The molecule has 0 aliphatic heterocycles. The molecule has 5 N–H and O–H groups in total. The maximum atomic E-state index is 11.9. The van der Waals surface area contributed by atoms with E-state index >= 15 is 0 Å². The minimum Gasteiger partial charge on any atom is -0.382 e. The van der Waals surface area contributed by atoms with Crippen molar-refractivity contribution in [2.24, 2.45) is 0 Å². The Morgan fingerprint density at radius 1 is 1.38 bits per heavy atom. The predicted octanol–water partition coefficient (Wildman–Crippen LogP) is 1.75. The Hall–Kier alpha value is -2.76. The van der Waals surface area contributed by atoms with E-state index in [2.05, 4.69) is 32.6 Å². The van der Waals surface area contributed by atoms with E-state index in [0.29, 0.717) is 18.1 Å². The number of carbonyl (C=O) groups excluding carboxylic acids is 1. The van der Waals surface area contributed by atoms with Crippen molar-refractivity contribution in [1.29, 1.82) is 0 Å². The first-order valence-corrected chi connectivity index (χ1v) is 6.80. The van der Waals surface area contributed by atoms with E-state index < -0.39 is 0 Å². The summed E-state index contributed by atoms with van der Waals surface area (Å²) in [5, 5.41) is 10.4. The summed E-state index contributed by atoms with van der Waals surface area (Å²) >= 11 is 0. The summed E-state index contributed by atoms with van der Waals surface area (Å²) in [6.45, 7) is 2.60. The maximum Gasteiger partial charge on any atom is 0.269 e. The number of anilines is 1. The van der Waals surface area contributed by atoms with E-state index in [0.717, 1.165) is 17.6 Å². The average molecular weight is 283 g/mol. The van der Waals surface area contributed by atoms with Gasteiger partial charge in [0.25, 0.3) is 5.91 Å². The number of amides is 1. The van der Waals surface area contributed by atoms with Gasteiger partial charge in [0, 0.05) is 29.2 Å². The largest absolute Gasteiger partial charge is 0.382 e. The molecule has 2 aromatic heterocycles. The number of nitrogens with two attached hydrogens (primary N) is 1. The Labute approximate surface area is 121 Å². The van der Waals surface area contributed by atoms with E-state index in [1.165, 1.54) is 17.0 Å². The summed E-state index contributed by atoms with van der Waals surface area (Å²) in [6, 6.07) is 9.69. The van der Waals surface area contributed by atoms with Gasteiger partial charge in [0.2, 0.25) is 0 Å². The third-order valence-electron chi connectivity index (χ3n) is 3.53. The zero-order valence-electron chi connectivity index (χ0n) is 11.7. The van der Waals surface area contributed by atoms with E-state index in [4.69, 9.17) is 5.73 Å². The molecule has 0 atom stereocenters. The molecule has 21 heavy (non-hydrogen) atoms. The fourth-order valence-electron chi connectivity index (χ4n) is 2.51. The van der Waals surface area contributed by atoms with E-state index in [1.807, 2.05) is 19.1 Å². The predicted molar refractivity (Wildman–Crippen MR) is 82.1 cm³/mol. The molecule has 3 aromatic rings. The molecule has 0 fully saturated rings. The van der Waals surface area contributed by atoms with Crippen LogP contribution in [0.4, 0.5) is 5.82 Å². The molecule has 0 spiro atoms. The molecule has 0 radical (unpaired) electrons. The van der Waals surface area contributed by atoms with Crippen LogP contribution in [0.3, 0.4) is 0 Å². The molecule has 0 aliphatic carbocycles. The standard InChI is InChI=1S/C15H17N5O/c1-9-10(11-4-2-3-5-12(11)18-9)6-7-17-15(21)13-8-14(16)20-19-13/h2-5,8,18H,6-7H2,1H3,(H,17,21)(H3,16,19,20). The second-order valence-corrected chi connectivity index (χ2v) is 4.99. The number of fused-ring (bicyclic) bond motifs is 1. The molecule has 0 saturated carbocycles. The summed E-state index contributed by atoms with van der Waals surface area (Å²) < 4.78 is 0. The first-order valence-electron chi connectivity index (χ1n) is 6.80. The minimum absolute atomic E-state index is 0.198. The Morgan fingerprint density at radius 3 is 2.95 bits per heavy atom. The van der Waals surface area contributed by atoms with Gasteiger partial charge in [-0.1, -0.05) is 18.2 Å². The average Bonchev–Trinajstić information content (AvgIpc) is 3.03. The zero-order valence-corrected chi connectivity index (χ0v) is 11.7. The normalized spacial score (nSPS) is 10.9. The lowest BCUT2D eigenvalue weighted by atomic mass is 10.1. The zero-order chi connectivity index (χ0) is 14.8. The number of rotatable bonds is 4. The number of hydrogen-bond donors (Lipinski definition) is 4. The van der Waals surface area contributed by atoms with E-state index in [-0.39, 0.29) is 5.91 Å². The molecule has 6 heteroatoms. The number of hydrogen-bond acceptors (Lipinski definition) is 3. The second-order valence-electron chi connectivity index (χ2n) is 4.99. The smallest absolute Gasteiger partial charge is 0.269 e. The first-order chi connectivity index (χ1) is 10.1. The third kappa shape index (κ3) is 2.60. The third-order valence-corrected chi connectivity index (χ3v) is 3.53. The van der Waals surface area contributed by atoms with Crippen LogP contribution in [0.5, 0.6) is 0 Å². The van der Waals surface area contributed by atoms with Crippen LogP contribution >= 0.6 is 0 Å². The van der Waals surface area contributed by atoms with Gasteiger partial charge in [-0.2, -0.15) is 5.10 Å². The number of nitrogens with one attached hydrogen (secondary N) is 3. The molecule has 0 unspecified atom stereocenters. The van der Waals surface area contributed by atoms with Crippen LogP contribution in [0.1, 0.15) is 21.7 Å². The van der Waals surface area contributed by atoms with Gasteiger partial charge in [0.05, 0.1) is 0 Å². The molecule has 0 bridgehead atoms. The number of benzene rings is 1. The van der Waals surface area contributed by atoms with Gasteiger partial charge in [-0.25, -0.2) is 0 Å². The van der Waals surface area contributed by atoms with Crippen molar-refractivity contribution in [1.82, 2.24) is 20.5 Å². The molecular weight excluding hydrogens is 266 g/mol. The van der Waals surface area contributed by atoms with Gasteiger partial charge in [-0.15, -0.1) is 0 Å². The van der Waals surface area contributed by atoms with Gasteiger partial charge >= 0.3 is 0 Å². The van der Waals surface area contributed by atoms with Crippen LogP contribution in [0, 0.1) is 6.92 Å². The van der Waals surface area contributed by atoms with E-state index in [1.54, 1.807) is 0 Å². The molecule has 6 nitrogen and oxygen atoms in total. The van der Waals surface area contributed by atoms with Crippen LogP contribution in [0.15, 0.2) is 30.3 Å². The number of aromatic amines is 2. The highest BCUT2D eigenvalue weighted by atomic mass is 16.1. The highest BCUT2D eigenvalue weighted by Gasteiger charge is 2.10. The summed E-state index contributed by atoms with van der Waals surface area (Å²) in [4.78, 5) is 15.2. The number of carbonyl (C=O) groups is 1. The topological polar surface area (TPSA) is 99.6 Å². The number of aryl methyl sites for hydroxylation is 1. The van der Waals surface area contributed by atoms with Gasteiger partial charge in [0.15, 0.2) is 0 Å². The minimum atomic E-state index is -0.198. The number of aromatic nitrogens is 3. The molecule has 0 aliphatic rings. The van der Waals surface area contributed by atoms with Gasteiger partial charge in [-0.3, -0.25) is 9.89 Å². The van der Waals surface area contributed by atoms with Crippen LogP contribution in [-0.4, -0.2) is 27.6 Å². The molecule has 2 heterocycles. The SMILES string of the molecule is Cc1[nH]c2ccccc2c1CCNC(=O)c1cc(N)n[nH]1. The fourth-order valence-corrected chi connectivity index (χ4v) is 2.51. The fraction of sp³-hybridized carbons (Fsp3) is 0.200. The van der Waals surface area contributed by atoms with Crippen LogP contribution in [0.25, 0.3) is 10.9 Å². The van der Waals surface area contributed by atoms with Crippen molar-refractivity contribution in [2.45, 2.75) is 13.3 Å². The number of nitrogen functional groups attached to an aromatic ring is 1. The van der Waals surface area contributed by atoms with Gasteiger partial charge in [0.1, 0.15) is 11.5 Å². The molecule has 0 saturated heterocycles. The summed E-state index contributed by atoms with van der Waals surface area (Å²) in [5.41, 5.74) is 9.35. The molecule has 108 valence electrons. The maximum absolute atomic E-state index is 11.9. The van der Waals surface area contributed by atoms with Crippen molar-refractivity contribution >= 4 is 22.6 Å².